The number of hydrogen-bond acceptors (Lipinski definition) is 4. The summed E-state index contributed by atoms with van der Waals surface area (Å²) in [5.74, 6) is -0.719. The van der Waals surface area contributed by atoms with Crippen LogP contribution in [0, 0.1) is 5.82 Å². The molecule has 1 amide bonds. The molecule has 0 aliphatic carbocycles. The summed E-state index contributed by atoms with van der Waals surface area (Å²) in [5.41, 5.74) is 5.73. The molecule has 1 aliphatic rings. The van der Waals surface area contributed by atoms with Crippen molar-refractivity contribution >= 4 is 5.91 Å². The van der Waals surface area contributed by atoms with Gasteiger partial charge in [0.25, 0.3) is 5.91 Å². The van der Waals surface area contributed by atoms with Gasteiger partial charge in [-0.3, -0.25) is 4.79 Å². The SMILES string of the molecule is COc1cccc(F)c1C(=O)N1CCC(OC)CC1CN. The zero-order valence-electron chi connectivity index (χ0n) is 12.3. The van der Waals surface area contributed by atoms with Gasteiger partial charge in [0.1, 0.15) is 17.1 Å². The number of carbonyl (C=O) groups is 1. The smallest absolute Gasteiger partial charge is 0.260 e. The number of piperidine rings is 1. The van der Waals surface area contributed by atoms with Gasteiger partial charge in [-0.05, 0) is 25.0 Å². The molecule has 0 saturated carbocycles. The van der Waals surface area contributed by atoms with Crippen LogP contribution in [-0.4, -0.2) is 50.3 Å². The average Bonchev–Trinajstić information content (AvgIpc) is 2.53. The molecule has 2 unspecified atom stereocenters. The van der Waals surface area contributed by atoms with Crippen LogP contribution < -0.4 is 10.5 Å². The highest BCUT2D eigenvalue weighted by molar-refractivity contribution is 5.97. The van der Waals surface area contributed by atoms with Crippen molar-refractivity contribution in [3.8, 4) is 5.75 Å². The number of carbonyl (C=O) groups excluding carboxylic acids is 1. The third-order valence-electron chi connectivity index (χ3n) is 3.94. The number of ether oxygens (including phenoxy) is 2. The third kappa shape index (κ3) is 3.16. The number of hydrogen-bond donors (Lipinski definition) is 1. The Morgan fingerprint density at radius 2 is 2.24 bits per heavy atom. The van der Waals surface area contributed by atoms with E-state index in [1.807, 2.05) is 0 Å². The van der Waals surface area contributed by atoms with Crippen LogP contribution >= 0.6 is 0 Å². The maximum Gasteiger partial charge on any atom is 0.260 e. The van der Waals surface area contributed by atoms with Crippen LogP contribution in [0.4, 0.5) is 4.39 Å². The Hall–Kier alpha value is -1.66. The van der Waals surface area contributed by atoms with Crippen LogP contribution in [-0.2, 0) is 4.74 Å². The number of nitrogens with two attached hydrogens (primary N) is 1. The summed E-state index contributed by atoms with van der Waals surface area (Å²) in [6.45, 7) is 0.819. The van der Waals surface area contributed by atoms with Crippen molar-refractivity contribution in [1.29, 1.82) is 0 Å². The third-order valence-corrected chi connectivity index (χ3v) is 3.94. The summed E-state index contributed by atoms with van der Waals surface area (Å²) in [6.07, 6.45) is 1.47. The van der Waals surface area contributed by atoms with Crippen LogP contribution in [0.5, 0.6) is 5.75 Å². The van der Waals surface area contributed by atoms with Gasteiger partial charge < -0.3 is 20.1 Å². The summed E-state index contributed by atoms with van der Waals surface area (Å²) >= 11 is 0. The van der Waals surface area contributed by atoms with Gasteiger partial charge in [0.15, 0.2) is 0 Å². The second-order valence-corrected chi connectivity index (χ2v) is 5.09. The van der Waals surface area contributed by atoms with Gasteiger partial charge in [-0.15, -0.1) is 0 Å². The van der Waals surface area contributed by atoms with Gasteiger partial charge >= 0.3 is 0 Å². The average molecular weight is 296 g/mol. The zero-order chi connectivity index (χ0) is 15.4. The van der Waals surface area contributed by atoms with E-state index in [0.29, 0.717) is 19.5 Å². The van der Waals surface area contributed by atoms with E-state index in [9.17, 15) is 9.18 Å². The van der Waals surface area contributed by atoms with Gasteiger partial charge in [0, 0.05) is 26.2 Å². The fourth-order valence-corrected chi connectivity index (χ4v) is 2.74. The fraction of sp³-hybridized carbons (Fsp3) is 0.533. The van der Waals surface area contributed by atoms with Crippen molar-refractivity contribution in [2.24, 2.45) is 5.73 Å². The molecule has 116 valence electrons. The van der Waals surface area contributed by atoms with Crippen LogP contribution in [0.25, 0.3) is 0 Å². The lowest BCUT2D eigenvalue weighted by Crippen LogP contribution is -2.51. The maximum absolute atomic E-state index is 14.0. The number of rotatable bonds is 4. The van der Waals surface area contributed by atoms with Gasteiger partial charge in [-0.25, -0.2) is 4.39 Å². The molecular formula is C15H21FN2O3. The molecule has 0 bridgehead atoms. The monoisotopic (exact) mass is 296 g/mol. The first-order valence-corrected chi connectivity index (χ1v) is 6.98. The molecule has 1 fully saturated rings. The molecule has 1 aromatic rings. The molecule has 0 spiro atoms. The van der Waals surface area contributed by atoms with Crippen LogP contribution in [0.2, 0.25) is 0 Å². The number of halogens is 1. The van der Waals surface area contributed by atoms with Gasteiger partial charge in [0.2, 0.25) is 0 Å². The summed E-state index contributed by atoms with van der Waals surface area (Å²) < 4.78 is 24.5. The number of amides is 1. The summed E-state index contributed by atoms with van der Waals surface area (Å²) in [6, 6.07) is 4.20. The topological polar surface area (TPSA) is 64.8 Å². The molecule has 1 saturated heterocycles. The van der Waals surface area contributed by atoms with Crippen molar-refractivity contribution in [1.82, 2.24) is 4.90 Å². The fourth-order valence-electron chi connectivity index (χ4n) is 2.74. The van der Waals surface area contributed by atoms with Crippen molar-refractivity contribution in [2.75, 3.05) is 27.3 Å². The van der Waals surface area contributed by atoms with E-state index in [0.717, 1.165) is 6.42 Å². The van der Waals surface area contributed by atoms with Crippen molar-refractivity contribution in [2.45, 2.75) is 25.0 Å². The minimum absolute atomic E-state index is 0.0330. The van der Waals surface area contributed by atoms with E-state index in [1.165, 1.54) is 19.2 Å². The number of nitrogens with zero attached hydrogens (tertiary/aromatic N) is 1. The molecule has 0 aromatic heterocycles. The lowest BCUT2D eigenvalue weighted by atomic mass is 9.98. The quantitative estimate of drug-likeness (QED) is 0.912. The van der Waals surface area contributed by atoms with Crippen LogP contribution in [0.3, 0.4) is 0 Å². The molecule has 2 N–H and O–H groups in total. The molecule has 5 nitrogen and oxygen atoms in total. The van der Waals surface area contributed by atoms with Crippen molar-refractivity contribution in [3.05, 3.63) is 29.6 Å². The summed E-state index contributed by atoms with van der Waals surface area (Å²) in [4.78, 5) is 14.3. The molecule has 2 rings (SSSR count). The van der Waals surface area contributed by atoms with Crippen LogP contribution in [0.1, 0.15) is 23.2 Å². The van der Waals surface area contributed by atoms with E-state index >= 15 is 0 Å². The Morgan fingerprint density at radius 1 is 1.48 bits per heavy atom. The lowest BCUT2D eigenvalue weighted by molar-refractivity contribution is 0.0135. The first kappa shape index (κ1) is 15.7. The van der Waals surface area contributed by atoms with Gasteiger partial charge in [0.05, 0.1) is 13.2 Å². The highest BCUT2D eigenvalue weighted by Gasteiger charge is 2.33. The standard InChI is InChI=1S/C15H21FN2O3/c1-20-11-6-7-18(10(8-11)9-17)15(19)14-12(16)4-3-5-13(14)21-2/h3-5,10-11H,6-9,17H2,1-2H3. The lowest BCUT2D eigenvalue weighted by Gasteiger charge is -2.38. The molecule has 2 atom stereocenters. The van der Waals surface area contributed by atoms with E-state index in [4.69, 9.17) is 15.2 Å². The van der Waals surface area contributed by atoms with E-state index in [2.05, 4.69) is 0 Å². The predicted molar refractivity (Wildman–Crippen MR) is 76.9 cm³/mol. The maximum atomic E-state index is 14.0. The molecule has 1 aliphatic heterocycles. The highest BCUT2D eigenvalue weighted by atomic mass is 19.1. The Labute approximate surface area is 123 Å². The van der Waals surface area contributed by atoms with E-state index in [-0.39, 0.29) is 29.4 Å². The van der Waals surface area contributed by atoms with Crippen molar-refractivity contribution in [3.63, 3.8) is 0 Å². The summed E-state index contributed by atoms with van der Waals surface area (Å²) in [7, 11) is 3.07. The normalized spacial score (nSPS) is 22.2. The molecule has 21 heavy (non-hydrogen) atoms. The zero-order valence-corrected chi connectivity index (χ0v) is 12.3. The molecule has 1 aromatic carbocycles. The largest absolute Gasteiger partial charge is 0.496 e. The highest BCUT2D eigenvalue weighted by Crippen LogP contribution is 2.27. The molecular weight excluding hydrogens is 275 g/mol. The van der Waals surface area contributed by atoms with Gasteiger partial charge in [-0.2, -0.15) is 0 Å². The van der Waals surface area contributed by atoms with E-state index in [1.54, 1.807) is 18.1 Å². The Kier molecular flexibility index (Phi) is 5.14. The Morgan fingerprint density at radius 3 is 2.86 bits per heavy atom. The van der Waals surface area contributed by atoms with Crippen molar-refractivity contribution < 1.29 is 18.7 Å². The number of methoxy groups -OCH3 is 2. The van der Waals surface area contributed by atoms with Crippen LogP contribution in [0.15, 0.2) is 18.2 Å². The second-order valence-electron chi connectivity index (χ2n) is 5.09. The Balaban J connectivity index is 2.27. The second kappa shape index (κ2) is 6.87. The predicted octanol–water partition coefficient (Wildman–Crippen LogP) is 1.41. The number of benzene rings is 1. The van der Waals surface area contributed by atoms with E-state index < -0.39 is 5.82 Å². The first-order chi connectivity index (χ1) is 10.1. The minimum Gasteiger partial charge on any atom is -0.496 e. The molecule has 6 heteroatoms. The Bertz CT molecular complexity index is 510. The molecule has 0 radical (unpaired) electrons. The first-order valence-electron chi connectivity index (χ1n) is 6.98. The minimum atomic E-state index is -0.580. The summed E-state index contributed by atoms with van der Waals surface area (Å²) in [5, 5.41) is 0. The number of likely N-dealkylation sites (tertiary alicyclic amines) is 1. The molecule has 1 heterocycles. The van der Waals surface area contributed by atoms with Gasteiger partial charge in [-0.1, -0.05) is 6.07 Å².